The van der Waals surface area contributed by atoms with Gasteiger partial charge in [-0.15, -0.1) is 0 Å². The van der Waals surface area contributed by atoms with E-state index in [4.69, 9.17) is 0 Å². The smallest absolute Gasteiger partial charge is 0.222 e. The molecule has 5 nitrogen and oxygen atoms in total. The third-order valence-corrected chi connectivity index (χ3v) is 6.18. The van der Waals surface area contributed by atoms with E-state index in [1.807, 2.05) is 24.5 Å². The van der Waals surface area contributed by atoms with E-state index in [2.05, 4.69) is 32.9 Å². The van der Waals surface area contributed by atoms with Gasteiger partial charge in [0.05, 0.1) is 11.0 Å². The van der Waals surface area contributed by atoms with Gasteiger partial charge in [0.1, 0.15) is 0 Å². The molecule has 0 radical (unpaired) electrons. The van der Waals surface area contributed by atoms with Gasteiger partial charge in [0.15, 0.2) is 0 Å². The molecule has 27 heavy (non-hydrogen) atoms. The molecule has 0 bridgehead atoms. The molecule has 1 saturated heterocycles. The second-order valence-corrected chi connectivity index (χ2v) is 8.37. The van der Waals surface area contributed by atoms with Crippen LogP contribution in [0.2, 0.25) is 0 Å². The van der Waals surface area contributed by atoms with Gasteiger partial charge in [-0.25, -0.2) is 0 Å². The van der Waals surface area contributed by atoms with Crippen molar-refractivity contribution in [3.63, 3.8) is 0 Å². The van der Waals surface area contributed by atoms with Crippen molar-refractivity contribution < 1.29 is 4.79 Å². The molecule has 2 aromatic heterocycles. The van der Waals surface area contributed by atoms with Crippen LogP contribution in [0.3, 0.4) is 0 Å². The highest BCUT2D eigenvalue weighted by Crippen LogP contribution is 2.28. The molecule has 3 heterocycles. The van der Waals surface area contributed by atoms with Crippen molar-refractivity contribution in [3.05, 3.63) is 36.2 Å². The maximum Gasteiger partial charge on any atom is 0.222 e. The number of likely N-dealkylation sites (N-methyl/N-ethyl adjacent to an activating group) is 1. The van der Waals surface area contributed by atoms with E-state index in [1.165, 1.54) is 31.2 Å². The van der Waals surface area contributed by atoms with Gasteiger partial charge in [-0.05, 0) is 61.9 Å². The molecular formula is C22H30N4O. The maximum absolute atomic E-state index is 12.9. The largest absolute Gasteiger partial charge is 0.341 e. The summed E-state index contributed by atoms with van der Waals surface area (Å²) in [6.07, 6.45) is 10.5. The monoisotopic (exact) mass is 366 g/mol. The first kappa shape index (κ1) is 18.4. The predicted molar refractivity (Wildman–Crippen MR) is 107 cm³/mol. The molecule has 2 fully saturated rings. The van der Waals surface area contributed by atoms with Crippen molar-refractivity contribution in [2.45, 2.75) is 38.5 Å². The number of carbonyl (C=O) groups excluding carboxylic acids is 1. The van der Waals surface area contributed by atoms with E-state index < -0.39 is 0 Å². The molecule has 0 unspecified atom stereocenters. The molecule has 1 atom stereocenters. The van der Waals surface area contributed by atoms with Gasteiger partial charge in [-0.3, -0.25) is 14.8 Å². The highest BCUT2D eigenvalue weighted by Gasteiger charge is 2.27. The summed E-state index contributed by atoms with van der Waals surface area (Å²) < 4.78 is 0. The van der Waals surface area contributed by atoms with E-state index in [9.17, 15) is 4.79 Å². The van der Waals surface area contributed by atoms with Crippen molar-refractivity contribution >= 4 is 16.9 Å². The van der Waals surface area contributed by atoms with Gasteiger partial charge >= 0.3 is 0 Å². The molecule has 2 aliphatic rings. The van der Waals surface area contributed by atoms with Crippen LogP contribution in [0.4, 0.5) is 0 Å². The fraction of sp³-hybridized carbons (Fsp3) is 0.591. The lowest BCUT2D eigenvalue weighted by molar-refractivity contribution is -0.132. The summed E-state index contributed by atoms with van der Waals surface area (Å²) in [5.74, 6) is 1.41. The zero-order valence-corrected chi connectivity index (χ0v) is 16.3. The predicted octanol–water partition coefficient (Wildman–Crippen LogP) is 3.14. The third kappa shape index (κ3) is 4.46. The Hall–Kier alpha value is -2.01. The van der Waals surface area contributed by atoms with Crippen molar-refractivity contribution in [3.8, 4) is 0 Å². The molecule has 1 aliphatic heterocycles. The number of pyridine rings is 2. The summed E-state index contributed by atoms with van der Waals surface area (Å²) in [5, 5.41) is 0. The van der Waals surface area contributed by atoms with Gasteiger partial charge in [0, 0.05) is 45.0 Å². The number of amides is 1. The summed E-state index contributed by atoms with van der Waals surface area (Å²) in [6, 6.07) is 6.04. The van der Waals surface area contributed by atoms with Gasteiger partial charge in [0.2, 0.25) is 5.91 Å². The number of hydrogen-bond donors (Lipinski definition) is 0. The first-order valence-corrected chi connectivity index (χ1v) is 10.3. The van der Waals surface area contributed by atoms with Crippen LogP contribution in [0.5, 0.6) is 0 Å². The van der Waals surface area contributed by atoms with E-state index in [0.29, 0.717) is 17.7 Å². The van der Waals surface area contributed by atoms with Crippen molar-refractivity contribution in [1.29, 1.82) is 0 Å². The van der Waals surface area contributed by atoms with E-state index >= 15 is 0 Å². The molecule has 0 aromatic carbocycles. The van der Waals surface area contributed by atoms with E-state index in [-0.39, 0.29) is 0 Å². The minimum atomic E-state index is 0.361. The number of rotatable bonds is 4. The van der Waals surface area contributed by atoms with Crippen molar-refractivity contribution in [1.82, 2.24) is 19.8 Å². The molecule has 5 heteroatoms. The Morgan fingerprint density at radius 3 is 2.78 bits per heavy atom. The lowest BCUT2D eigenvalue weighted by Gasteiger charge is -2.25. The lowest BCUT2D eigenvalue weighted by atomic mass is 9.97. The number of hydrogen-bond acceptors (Lipinski definition) is 4. The lowest BCUT2D eigenvalue weighted by Crippen LogP contribution is -2.37. The summed E-state index contributed by atoms with van der Waals surface area (Å²) in [5.41, 5.74) is 3.19. The first-order chi connectivity index (χ1) is 13.2. The van der Waals surface area contributed by atoms with Crippen LogP contribution in [-0.2, 0) is 11.2 Å². The standard InChI is InChI=1S/C22H30N4O/c1-25-11-12-26(21(27)14-17-5-2-3-6-17)16-18(15-25)13-19-8-10-23-20-7-4-9-24-22(19)20/h4,7-10,17-18H,2-3,5-6,11-16H2,1H3/t18-/m0/s1. The molecule has 0 N–H and O–H groups in total. The highest BCUT2D eigenvalue weighted by atomic mass is 16.2. The molecule has 4 rings (SSSR count). The van der Waals surface area contributed by atoms with Crippen LogP contribution in [0, 0.1) is 11.8 Å². The second kappa shape index (κ2) is 8.34. The Morgan fingerprint density at radius 1 is 1.07 bits per heavy atom. The molecular weight excluding hydrogens is 336 g/mol. The fourth-order valence-electron chi connectivity index (χ4n) is 4.74. The van der Waals surface area contributed by atoms with Crippen LogP contribution in [0.15, 0.2) is 30.6 Å². The number of aromatic nitrogens is 2. The van der Waals surface area contributed by atoms with Crippen LogP contribution >= 0.6 is 0 Å². The van der Waals surface area contributed by atoms with Gasteiger partial charge in [0.25, 0.3) is 0 Å². The van der Waals surface area contributed by atoms with Crippen molar-refractivity contribution in [2.24, 2.45) is 11.8 Å². The van der Waals surface area contributed by atoms with Crippen molar-refractivity contribution in [2.75, 3.05) is 33.2 Å². The second-order valence-electron chi connectivity index (χ2n) is 8.37. The van der Waals surface area contributed by atoms with Crippen LogP contribution in [0.25, 0.3) is 11.0 Å². The van der Waals surface area contributed by atoms with E-state index in [0.717, 1.165) is 50.1 Å². The van der Waals surface area contributed by atoms with Gasteiger partial charge < -0.3 is 9.80 Å². The maximum atomic E-state index is 12.9. The Balaban J connectivity index is 1.48. The molecule has 0 spiro atoms. The zero-order valence-electron chi connectivity index (χ0n) is 16.3. The normalized spacial score (nSPS) is 22.3. The average molecular weight is 367 g/mol. The molecule has 1 saturated carbocycles. The highest BCUT2D eigenvalue weighted by molar-refractivity contribution is 5.77. The van der Waals surface area contributed by atoms with Gasteiger partial charge in [-0.2, -0.15) is 0 Å². The summed E-state index contributed by atoms with van der Waals surface area (Å²) in [6.45, 7) is 3.69. The molecule has 1 amide bonds. The summed E-state index contributed by atoms with van der Waals surface area (Å²) >= 11 is 0. The van der Waals surface area contributed by atoms with E-state index in [1.54, 1.807) is 0 Å². The molecule has 144 valence electrons. The quantitative estimate of drug-likeness (QED) is 0.834. The van der Waals surface area contributed by atoms with Crippen LogP contribution < -0.4 is 0 Å². The summed E-state index contributed by atoms with van der Waals surface area (Å²) in [7, 11) is 2.17. The molecule has 2 aromatic rings. The van der Waals surface area contributed by atoms with Gasteiger partial charge in [-0.1, -0.05) is 12.8 Å². The fourth-order valence-corrected chi connectivity index (χ4v) is 4.74. The number of nitrogens with zero attached hydrogens (tertiary/aromatic N) is 4. The summed E-state index contributed by atoms with van der Waals surface area (Å²) in [4.78, 5) is 26.4. The Bertz CT molecular complexity index is 781. The van der Waals surface area contributed by atoms with Crippen LogP contribution in [0.1, 0.15) is 37.7 Å². The Kier molecular flexibility index (Phi) is 5.67. The third-order valence-electron chi connectivity index (χ3n) is 6.18. The SMILES string of the molecule is CN1CCN(C(=O)CC2CCCC2)C[C@@H](Cc2ccnc3cccnc23)C1. The minimum absolute atomic E-state index is 0.361. The topological polar surface area (TPSA) is 49.3 Å². The van der Waals surface area contributed by atoms with Crippen LogP contribution in [-0.4, -0.2) is 58.9 Å². The molecule has 1 aliphatic carbocycles. The zero-order chi connectivity index (χ0) is 18.6. The Labute approximate surface area is 161 Å². The first-order valence-electron chi connectivity index (χ1n) is 10.3. The number of fused-ring (bicyclic) bond motifs is 1. The average Bonchev–Trinajstić information content (AvgIpc) is 3.10. The minimum Gasteiger partial charge on any atom is -0.341 e. The number of carbonyl (C=O) groups is 1. The Morgan fingerprint density at radius 2 is 1.93 bits per heavy atom.